The predicted molar refractivity (Wildman–Crippen MR) is 89.6 cm³/mol. The molecular formula is C17H21N3OS. The number of aryl methyl sites for hydroxylation is 1. The standard InChI is InChI=1S/C17H21N3OS/c1-11-7-6-10-14(12(11)2)15(21)18-17-20-19-16(22-17)13-8-4-3-5-9-13/h6-7,10,13H,3-5,8-9H2,1-2H3,(H,18,20,21). The molecule has 0 radical (unpaired) electrons. The van der Waals surface area contributed by atoms with Crippen molar-refractivity contribution in [3.05, 3.63) is 39.9 Å². The number of rotatable bonds is 3. The first kappa shape index (κ1) is 15.2. The Labute approximate surface area is 135 Å². The van der Waals surface area contributed by atoms with Gasteiger partial charge in [-0.3, -0.25) is 10.1 Å². The van der Waals surface area contributed by atoms with Crippen LogP contribution in [0.4, 0.5) is 5.13 Å². The van der Waals surface area contributed by atoms with Gasteiger partial charge in [-0.1, -0.05) is 42.7 Å². The quantitative estimate of drug-likeness (QED) is 0.910. The molecule has 1 N–H and O–H groups in total. The van der Waals surface area contributed by atoms with Gasteiger partial charge in [-0.2, -0.15) is 0 Å². The summed E-state index contributed by atoms with van der Waals surface area (Å²) in [5.41, 5.74) is 2.83. The van der Waals surface area contributed by atoms with Gasteiger partial charge in [0.1, 0.15) is 5.01 Å². The highest BCUT2D eigenvalue weighted by molar-refractivity contribution is 7.15. The van der Waals surface area contributed by atoms with E-state index in [1.165, 1.54) is 43.4 Å². The zero-order valence-corrected chi connectivity index (χ0v) is 13.9. The van der Waals surface area contributed by atoms with Crippen LogP contribution >= 0.6 is 11.3 Å². The van der Waals surface area contributed by atoms with Crippen LogP contribution in [0.15, 0.2) is 18.2 Å². The fourth-order valence-electron chi connectivity index (χ4n) is 2.96. The molecule has 1 aromatic carbocycles. The summed E-state index contributed by atoms with van der Waals surface area (Å²) in [4.78, 5) is 12.4. The molecule has 22 heavy (non-hydrogen) atoms. The Morgan fingerprint density at radius 3 is 2.73 bits per heavy atom. The van der Waals surface area contributed by atoms with Gasteiger partial charge in [-0.25, -0.2) is 0 Å². The lowest BCUT2D eigenvalue weighted by Gasteiger charge is -2.18. The first-order valence-electron chi connectivity index (χ1n) is 7.86. The van der Waals surface area contributed by atoms with Crippen LogP contribution < -0.4 is 5.32 Å². The van der Waals surface area contributed by atoms with Crippen LogP contribution in [0.25, 0.3) is 0 Å². The molecule has 0 spiro atoms. The largest absolute Gasteiger partial charge is 0.296 e. The van der Waals surface area contributed by atoms with Crippen LogP contribution in [0, 0.1) is 13.8 Å². The lowest BCUT2D eigenvalue weighted by Crippen LogP contribution is -2.13. The molecule has 1 fully saturated rings. The van der Waals surface area contributed by atoms with E-state index in [2.05, 4.69) is 15.5 Å². The number of carbonyl (C=O) groups is 1. The van der Waals surface area contributed by atoms with Crippen LogP contribution in [-0.4, -0.2) is 16.1 Å². The lowest BCUT2D eigenvalue weighted by atomic mass is 9.90. The van der Waals surface area contributed by atoms with Crippen molar-refractivity contribution >= 4 is 22.4 Å². The molecule has 1 aliphatic rings. The molecule has 1 amide bonds. The summed E-state index contributed by atoms with van der Waals surface area (Å²) in [7, 11) is 0. The maximum absolute atomic E-state index is 12.4. The Morgan fingerprint density at radius 2 is 1.95 bits per heavy atom. The first-order chi connectivity index (χ1) is 10.6. The number of aromatic nitrogens is 2. The van der Waals surface area contributed by atoms with Crippen LogP contribution in [0.2, 0.25) is 0 Å². The van der Waals surface area contributed by atoms with Crippen LogP contribution in [0.1, 0.15) is 64.5 Å². The van der Waals surface area contributed by atoms with Crippen LogP contribution in [-0.2, 0) is 0 Å². The van der Waals surface area contributed by atoms with Gasteiger partial charge in [-0.05, 0) is 43.9 Å². The summed E-state index contributed by atoms with van der Waals surface area (Å²) < 4.78 is 0. The summed E-state index contributed by atoms with van der Waals surface area (Å²) in [6, 6.07) is 5.77. The molecule has 2 aromatic rings. The molecular weight excluding hydrogens is 294 g/mol. The Hall–Kier alpha value is -1.75. The minimum absolute atomic E-state index is 0.104. The van der Waals surface area contributed by atoms with E-state index >= 15 is 0 Å². The molecule has 0 bridgehead atoms. The van der Waals surface area contributed by atoms with Crippen molar-refractivity contribution in [3.63, 3.8) is 0 Å². The zero-order valence-electron chi connectivity index (χ0n) is 13.1. The fourth-order valence-corrected chi connectivity index (χ4v) is 3.87. The Kier molecular flexibility index (Phi) is 4.52. The van der Waals surface area contributed by atoms with Crippen LogP contribution in [0.3, 0.4) is 0 Å². The second-order valence-electron chi connectivity index (χ2n) is 5.98. The Morgan fingerprint density at radius 1 is 1.18 bits per heavy atom. The van der Waals surface area contributed by atoms with E-state index in [9.17, 15) is 4.79 Å². The molecule has 1 aliphatic carbocycles. The van der Waals surface area contributed by atoms with E-state index in [4.69, 9.17) is 0 Å². The third-order valence-corrected chi connectivity index (χ3v) is 5.47. The fraction of sp³-hybridized carbons (Fsp3) is 0.471. The molecule has 1 heterocycles. The number of nitrogens with zero attached hydrogens (tertiary/aromatic N) is 2. The number of carbonyl (C=O) groups excluding carboxylic acids is 1. The molecule has 116 valence electrons. The van der Waals surface area contributed by atoms with Crippen molar-refractivity contribution in [3.8, 4) is 0 Å². The summed E-state index contributed by atoms with van der Waals surface area (Å²) in [5, 5.41) is 13.0. The van der Waals surface area contributed by atoms with Crippen molar-refractivity contribution in [2.45, 2.75) is 51.9 Å². The molecule has 0 atom stereocenters. The topological polar surface area (TPSA) is 54.9 Å². The third-order valence-electron chi connectivity index (χ3n) is 4.46. The number of anilines is 1. The third kappa shape index (κ3) is 3.19. The van der Waals surface area contributed by atoms with Gasteiger partial charge in [0.2, 0.25) is 5.13 Å². The summed E-state index contributed by atoms with van der Waals surface area (Å²) >= 11 is 1.52. The smallest absolute Gasteiger partial charge is 0.257 e. The summed E-state index contributed by atoms with van der Waals surface area (Å²) in [5.74, 6) is 0.421. The molecule has 0 aliphatic heterocycles. The summed E-state index contributed by atoms with van der Waals surface area (Å²) in [6.45, 7) is 3.98. The number of hydrogen-bond acceptors (Lipinski definition) is 4. The van der Waals surface area contributed by atoms with Gasteiger partial charge in [0.05, 0.1) is 0 Å². The predicted octanol–water partition coefficient (Wildman–Crippen LogP) is 4.45. The zero-order chi connectivity index (χ0) is 15.5. The first-order valence-corrected chi connectivity index (χ1v) is 8.68. The second kappa shape index (κ2) is 6.57. The van der Waals surface area contributed by atoms with Gasteiger partial charge in [0, 0.05) is 11.5 Å². The lowest BCUT2D eigenvalue weighted by molar-refractivity contribution is 0.102. The van der Waals surface area contributed by atoms with E-state index in [0.29, 0.717) is 16.6 Å². The van der Waals surface area contributed by atoms with E-state index in [1.807, 2.05) is 32.0 Å². The van der Waals surface area contributed by atoms with Gasteiger partial charge < -0.3 is 0 Å². The number of hydrogen-bond donors (Lipinski definition) is 1. The van der Waals surface area contributed by atoms with Crippen molar-refractivity contribution in [1.82, 2.24) is 10.2 Å². The normalized spacial score (nSPS) is 15.7. The van der Waals surface area contributed by atoms with E-state index in [0.717, 1.165) is 16.1 Å². The van der Waals surface area contributed by atoms with Crippen molar-refractivity contribution in [2.24, 2.45) is 0 Å². The van der Waals surface area contributed by atoms with Crippen molar-refractivity contribution in [1.29, 1.82) is 0 Å². The molecule has 3 rings (SSSR count). The maximum atomic E-state index is 12.4. The number of nitrogens with one attached hydrogen (secondary N) is 1. The maximum Gasteiger partial charge on any atom is 0.257 e. The molecule has 4 nitrogen and oxygen atoms in total. The van der Waals surface area contributed by atoms with Gasteiger partial charge in [0.15, 0.2) is 0 Å². The van der Waals surface area contributed by atoms with E-state index < -0.39 is 0 Å². The molecule has 5 heteroatoms. The molecule has 1 saturated carbocycles. The van der Waals surface area contributed by atoms with Gasteiger partial charge in [0.25, 0.3) is 5.91 Å². The highest BCUT2D eigenvalue weighted by Crippen LogP contribution is 2.35. The van der Waals surface area contributed by atoms with E-state index in [1.54, 1.807) is 0 Å². The van der Waals surface area contributed by atoms with Gasteiger partial charge >= 0.3 is 0 Å². The van der Waals surface area contributed by atoms with Crippen molar-refractivity contribution in [2.75, 3.05) is 5.32 Å². The Bertz CT molecular complexity index is 674. The molecule has 0 saturated heterocycles. The second-order valence-corrected chi connectivity index (χ2v) is 6.99. The average molecular weight is 315 g/mol. The molecule has 0 unspecified atom stereocenters. The van der Waals surface area contributed by atoms with Gasteiger partial charge in [-0.15, -0.1) is 10.2 Å². The average Bonchev–Trinajstić information content (AvgIpc) is 2.99. The Balaban J connectivity index is 1.72. The molecule has 1 aromatic heterocycles. The highest BCUT2D eigenvalue weighted by atomic mass is 32.1. The number of amides is 1. The monoisotopic (exact) mass is 315 g/mol. The van der Waals surface area contributed by atoms with E-state index in [-0.39, 0.29) is 5.91 Å². The van der Waals surface area contributed by atoms with Crippen LogP contribution in [0.5, 0.6) is 0 Å². The minimum atomic E-state index is -0.104. The number of benzene rings is 1. The summed E-state index contributed by atoms with van der Waals surface area (Å²) in [6.07, 6.45) is 6.26. The highest BCUT2D eigenvalue weighted by Gasteiger charge is 2.20. The SMILES string of the molecule is Cc1cccc(C(=O)Nc2nnc(C3CCCCC3)s2)c1C. The minimum Gasteiger partial charge on any atom is -0.296 e. The van der Waals surface area contributed by atoms with Crippen molar-refractivity contribution < 1.29 is 4.79 Å².